The molecule has 0 radical (unpaired) electrons. The van der Waals surface area contributed by atoms with Crippen LogP contribution in [0, 0.1) is 0 Å². The monoisotopic (exact) mass is 372 g/mol. The summed E-state index contributed by atoms with van der Waals surface area (Å²) < 4.78 is 1.90. The summed E-state index contributed by atoms with van der Waals surface area (Å²) >= 11 is 0. The summed E-state index contributed by atoms with van der Waals surface area (Å²) in [6.45, 7) is 2.22. The second-order valence-corrected chi connectivity index (χ2v) is 7.06. The zero-order chi connectivity index (χ0) is 18.9. The van der Waals surface area contributed by atoms with E-state index in [2.05, 4.69) is 38.4 Å². The lowest BCUT2D eigenvalue weighted by atomic mass is 10.1. The Balaban J connectivity index is 1.46. The Kier molecular flexibility index (Phi) is 4.21. The Hall–Kier alpha value is -3.32. The maximum Gasteiger partial charge on any atom is 0.153 e. The van der Waals surface area contributed by atoms with Crippen molar-refractivity contribution in [2.45, 2.75) is 12.5 Å². The Morgan fingerprint density at radius 2 is 2.14 bits per heavy atom. The van der Waals surface area contributed by atoms with E-state index in [4.69, 9.17) is 5.10 Å². The van der Waals surface area contributed by atoms with Crippen LogP contribution in [-0.4, -0.2) is 51.5 Å². The number of benzene rings is 1. The van der Waals surface area contributed by atoms with E-state index in [1.165, 1.54) is 5.56 Å². The minimum atomic E-state index is -0.153. The fourth-order valence-corrected chi connectivity index (χ4v) is 3.72. The number of nitrogens with one attached hydrogen (secondary N) is 1. The molecule has 1 unspecified atom stereocenters. The number of imidazole rings is 1. The molecule has 4 heterocycles. The van der Waals surface area contributed by atoms with Gasteiger partial charge in [0.2, 0.25) is 0 Å². The number of aldehydes is 1. The number of hydrogen-bond donors (Lipinski definition) is 1. The fourth-order valence-electron chi connectivity index (χ4n) is 3.72. The third-order valence-corrected chi connectivity index (χ3v) is 5.17. The normalized spacial score (nSPS) is 17.3. The standard InChI is InChI=1S/C21H20N6O/c28-14-17-13-26(9-8-22-17)21-6-5-20-24-12-18(27(20)25-21)11-15-3-4-19-16(10-15)2-1-7-23-19/h1-7,10,12,14,17,22H,8-9,11,13H2. The SMILES string of the molecule is O=CC1CN(c2ccc3ncc(Cc4ccc5ncccc5c4)n3n2)CCN1. The largest absolute Gasteiger partial charge is 0.352 e. The number of carbonyl (C=O) groups is 1. The molecule has 1 fully saturated rings. The van der Waals surface area contributed by atoms with Gasteiger partial charge < -0.3 is 15.0 Å². The van der Waals surface area contributed by atoms with Gasteiger partial charge in [-0.15, -0.1) is 5.10 Å². The highest BCUT2D eigenvalue weighted by atomic mass is 16.1. The van der Waals surface area contributed by atoms with Gasteiger partial charge in [-0.1, -0.05) is 12.1 Å². The van der Waals surface area contributed by atoms with Crippen LogP contribution in [0.1, 0.15) is 11.3 Å². The number of anilines is 1. The van der Waals surface area contributed by atoms with Gasteiger partial charge in [-0.3, -0.25) is 4.98 Å². The number of carbonyl (C=O) groups excluding carboxylic acids is 1. The highest BCUT2D eigenvalue weighted by Gasteiger charge is 2.20. The van der Waals surface area contributed by atoms with Gasteiger partial charge in [0.15, 0.2) is 5.65 Å². The average molecular weight is 372 g/mol. The molecule has 0 saturated carbocycles. The highest BCUT2D eigenvalue weighted by molar-refractivity contribution is 5.79. The molecule has 1 atom stereocenters. The first kappa shape index (κ1) is 16.8. The topological polar surface area (TPSA) is 75.4 Å². The molecule has 0 spiro atoms. The molecule has 0 bridgehead atoms. The summed E-state index contributed by atoms with van der Waals surface area (Å²) in [5.41, 5.74) is 4.04. The molecule has 0 amide bonds. The van der Waals surface area contributed by atoms with Crippen LogP contribution in [0.4, 0.5) is 5.82 Å². The van der Waals surface area contributed by atoms with Crippen LogP contribution in [0.5, 0.6) is 0 Å². The molecule has 1 aliphatic heterocycles. The van der Waals surface area contributed by atoms with Crippen molar-refractivity contribution in [2.75, 3.05) is 24.5 Å². The van der Waals surface area contributed by atoms with E-state index in [0.717, 1.165) is 53.9 Å². The van der Waals surface area contributed by atoms with Crippen LogP contribution in [-0.2, 0) is 11.2 Å². The maximum atomic E-state index is 11.1. The zero-order valence-electron chi connectivity index (χ0n) is 15.3. The van der Waals surface area contributed by atoms with Crippen molar-refractivity contribution >= 4 is 28.7 Å². The summed E-state index contributed by atoms with van der Waals surface area (Å²) in [5.74, 6) is 0.864. The quantitative estimate of drug-likeness (QED) is 0.551. The minimum absolute atomic E-state index is 0.153. The second kappa shape index (κ2) is 7.01. The zero-order valence-corrected chi connectivity index (χ0v) is 15.3. The van der Waals surface area contributed by atoms with Crippen LogP contribution in [0.25, 0.3) is 16.6 Å². The molecular weight excluding hydrogens is 352 g/mol. The molecule has 7 nitrogen and oxygen atoms in total. The smallest absolute Gasteiger partial charge is 0.153 e. The van der Waals surface area contributed by atoms with Crippen molar-refractivity contribution in [3.8, 4) is 0 Å². The Bertz CT molecular complexity index is 1150. The van der Waals surface area contributed by atoms with E-state index in [-0.39, 0.29) is 6.04 Å². The number of hydrogen-bond acceptors (Lipinski definition) is 6. The van der Waals surface area contributed by atoms with Crippen molar-refractivity contribution in [3.05, 3.63) is 66.1 Å². The molecule has 4 aromatic rings. The molecule has 140 valence electrons. The first-order chi connectivity index (χ1) is 13.8. The molecule has 1 aromatic carbocycles. The van der Waals surface area contributed by atoms with E-state index in [0.29, 0.717) is 6.54 Å². The highest BCUT2D eigenvalue weighted by Crippen LogP contribution is 2.19. The van der Waals surface area contributed by atoms with Crippen LogP contribution >= 0.6 is 0 Å². The summed E-state index contributed by atoms with van der Waals surface area (Å²) in [6, 6.07) is 14.1. The number of rotatable bonds is 4. The van der Waals surface area contributed by atoms with E-state index >= 15 is 0 Å². The lowest BCUT2D eigenvalue weighted by Gasteiger charge is -2.31. The molecule has 5 rings (SSSR count). The predicted molar refractivity (Wildman–Crippen MR) is 108 cm³/mol. The molecule has 1 aliphatic rings. The molecular formula is C21H20N6O. The van der Waals surface area contributed by atoms with Crippen LogP contribution in [0.3, 0.4) is 0 Å². The van der Waals surface area contributed by atoms with Crippen molar-refractivity contribution in [2.24, 2.45) is 0 Å². The predicted octanol–water partition coefficient (Wildman–Crippen LogP) is 1.85. The third-order valence-electron chi connectivity index (χ3n) is 5.17. The molecule has 28 heavy (non-hydrogen) atoms. The van der Waals surface area contributed by atoms with Gasteiger partial charge in [0.1, 0.15) is 12.1 Å². The van der Waals surface area contributed by atoms with Crippen molar-refractivity contribution in [1.29, 1.82) is 0 Å². The first-order valence-corrected chi connectivity index (χ1v) is 9.41. The summed E-state index contributed by atoms with van der Waals surface area (Å²) in [4.78, 5) is 22.1. The number of fused-ring (bicyclic) bond motifs is 2. The molecule has 1 saturated heterocycles. The Morgan fingerprint density at radius 3 is 3.07 bits per heavy atom. The minimum Gasteiger partial charge on any atom is -0.352 e. The lowest BCUT2D eigenvalue weighted by Crippen LogP contribution is -2.51. The lowest BCUT2D eigenvalue weighted by molar-refractivity contribution is -0.109. The number of nitrogens with zero attached hydrogens (tertiary/aromatic N) is 5. The second-order valence-electron chi connectivity index (χ2n) is 7.06. The van der Waals surface area contributed by atoms with Crippen LogP contribution < -0.4 is 10.2 Å². The van der Waals surface area contributed by atoms with Gasteiger partial charge in [0, 0.05) is 37.6 Å². The Morgan fingerprint density at radius 1 is 1.18 bits per heavy atom. The third kappa shape index (κ3) is 3.10. The van der Waals surface area contributed by atoms with Crippen molar-refractivity contribution in [3.63, 3.8) is 0 Å². The van der Waals surface area contributed by atoms with Gasteiger partial charge >= 0.3 is 0 Å². The van der Waals surface area contributed by atoms with Gasteiger partial charge in [-0.25, -0.2) is 9.50 Å². The van der Waals surface area contributed by atoms with Crippen LogP contribution in [0.2, 0.25) is 0 Å². The van der Waals surface area contributed by atoms with Gasteiger partial charge in [0.05, 0.1) is 23.4 Å². The average Bonchev–Trinajstić information content (AvgIpc) is 3.15. The summed E-state index contributed by atoms with van der Waals surface area (Å²) in [7, 11) is 0. The van der Waals surface area contributed by atoms with Gasteiger partial charge in [-0.2, -0.15) is 0 Å². The summed E-state index contributed by atoms with van der Waals surface area (Å²) in [5, 5.41) is 9.14. The number of pyridine rings is 1. The Labute approximate surface area is 162 Å². The maximum absolute atomic E-state index is 11.1. The molecule has 3 aromatic heterocycles. The first-order valence-electron chi connectivity index (χ1n) is 9.41. The van der Waals surface area contributed by atoms with Crippen LogP contribution in [0.15, 0.2) is 54.9 Å². The van der Waals surface area contributed by atoms with E-state index in [1.54, 1.807) is 0 Å². The van der Waals surface area contributed by atoms with Gasteiger partial charge in [0.25, 0.3) is 0 Å². The van der Waals surface area contributed by atoms with Gasteiger partial charge in [-0.05, 0) is 35.9 Å². The van der Waals surface area contributed by atoms with Crippen molar-refractivity contribution in [1.82, 2.24) is 24.9 Å². The van der Waals surface area contributed by atoms with E-state index < -0.39 is 0 Å². The number of aromatic nitrogens is 4. The molecule has 0 aliphatic carbocycles. The molecule has 7 heteroatoms. The number of piperazine rings is 1. The fraction of sp³-hybridized carbons (Fsp3) is 0.238. The van der Waals surface area contributed by atoms with Crippen molar-refractivity contribution < 1.29 is 4.79 Å². The van der Waals surface area contributed by atoms with E-state index in [1.807, 2.05) is 41.2 Å². The van der Waals surface area contributed by atoms with E-state index in [9.17, 15) is 4.79 Å². The molecule has 1 N–H and O–H groups in total. The summed E-state index contributed by atoms with van der Waals surface area (Å²) in [6.07, 6.45) is 5.39.